The Labute approximate surface area is 168 Å². The van der Waals surface area contributed by atoms with Crippen molar-refractivity contribution in [3.8, 4) is 5.75 Å². The molecule has 0 saturated carbocycles. The lowest BCUT2D eigenvalue weighted by Gasteiger charge is -2.31. The quantitative estimate of drug-likeness (QED) is 0.661. The van der Waals surface area contributed by atoms with E-state index >= 15 is 0 Å². The smallest absolute Gasteiger partial charge is 0.404 e. The van der Waals surface area contributed by atoms with Crippen LogP contribution in [0.3, 0.4) is 0 Å². The number of nitrogens with zero attached hydrogens (tertiary/aromatic N) is 2. The van der Waals surface area contributed by atoms with Crippen LogP contribution in [-0.2, 0) is 25.0 Å². The first kappa shape index (κ1) is 20.9. The van der Waals surface area contributed by atoms with Crippen LogP contribution in [-0.4, -0.2) is 39.4 Å². The molecule has 2 aromatic rings. The number of hydrogen-bond donors (Lipinski definition) is 2. The number of benzene rings is 1. The highest BCUT2D eigenvalue weighted by Crippen LogP contribution is 2.56. The monoisotopic (exact) mass is 445 g/mol. The highest BCUT2D eigenvalue weighted by Gasteiger charge is 2.55. The van der Waals surface area contributed by atoms with Crippen LogP contribution in [0.4, 0.5) is 14.6 Å². The highest BCUT2D eigenvalue weighted by molar-refractivity contribution is 7.49. The van der Waals surface area contributed by atoms with Gasteiger partial charge < -0.3 is 20.1 Å². The maximum absolute atomic E-state index is 13.9. The second kappa shape index (κ2) is 7.71. The van der Waals surface area contributed by atoms with Gasteiger partial charge in [0.25, 0.3) is 6.43 Å². The van der Waals surface area contributed by atoms with E-state index in [4.69, 9.17) is 24.0 Å². The molecule has 1 aromatic carbocycles. The fraction of sp³-hybridized carbons (Fsp3) is 0.412. The number of rotatable bonds is 5. The van der Waals surface area contributed by atoms with Crippen LogP contribution in [0.15, 0.2) is 41.3 Å². The normalized spacial score (nSPS) is 30.8. The van der Waals surface area contributed by atoms with Gasteiger partial charge in [-0.25, -0.2) is 18.1 Å². The molecule has 4 rings (SSSR count). The number of aliphatic hydroxyl groups is 1. The van der Waals surface area contributed by atoms with Crippen LogP contribution in [0.25, 0.3) is 0 Å². The van der Waals surface area contributed by atoms with Crippen LogP contribution >= 0.6 is 7.82 Å². The number of aliphatic hydroxyl groups excluding tert-OH is 1. The molecule has 162 valence electrons. The molecule has 3 N–H and O–H groups in total. The molecule has 30 heavy (non-hydrogen) atoms. The van der Waals surface area contributed by atoms with Crippen molar-refractivity contribution in [1.82, 2.24) is 9.55 Å². The zero-order valence-corrected chi connectivity index (χ0v) is 16.3. The molecule has 0 spiro atoms. The summed E-state index contributed by atoms with van der Waals surface area (Å²) >= 11 is 0. The van der Waals surface area contributed by atoms with Gasteiger partial charge in [-0.3, -0.25) is 13.6 Å². The Kier molecular flexibility index (Phi) is 5.37. The van der Waals surface area contributed by atoms with Crippen molar-refractivity contribution in [3.05, 3.63) is 52.6 Å². The molecule has 1 saturated heterocycles. The average molecular weight is 445 g/mol. The Hall–Kier alpha value is -2.37. The fourth-order valence-corrected chi connectivity index (χ4v) is 4.51. The third-order valence-corrected chi connectivity index (χ3v) is 6.10. The number of nitrogens with two attached hydrogens (primary N) is 1. The van der Waals surface area contributed by atoms with Crippen LogP contribution < -0.4 is 15.9 Å². The van der Waals surface area contributed by atoms with E-state index < -0.39 is 50.9 Å². The number of para-hydroxylation sites is 1. The van der Waals surface area contributed by atoms with Gasteiger partial charge in [-0.1, -0.05) is 18.2 Å². The summed E-state index contributed by atoms with van der Waals surface area (Å²) in [5.41, 5.74) is 2.80. The predicted octanol–water partition coefficient (Wildman–Crippen LogP) is 1.84. The number of hydrogen-bond acceptors (Lipinski definition) is 9. The van der Waals surface area contributed by atoms with E-state index in [1.807, 2.05) is 0 Å². The summed E-state index contributed by atoms with van der Waals surface area (Å²) < 4.78 is 62.3. The Morgan fingerprint density at radius 2 is 2.17 bits per heavy atom. The molecule has 13 heteroatoms. The minimum Gasteiger partial charge on any atom is -0.404 e. The fourth-order valence-electron chi connectivity index (χ4n) is 3.24. The largest absolute Gasteiger partial charge is 0.530 e. The number of nitrogen functional groups attached to an aromatic ring is 1. The summed E-state index contributed by atoms with van der Waals surface area (Å²) in [7, 11) is -4.20. The van der Waals surface area contributed by atoms with Crippen LogP contribution in [0.1, 0.15) is 18.2 Å². The highest BCUT2D eigenvalue weighted by atomic mass is 31.2. The summed E-state index contributed by atoms with van der Waals surface area (Å²) in [5, 5.41) is 10.3. The summed E-state index contributed by atoms with van der Waals surface area (Å²) in [5.74, 6) is 0.181. The van der Waals surface area contributed by atoms with E-state index in [0.29, 0.717) is 5.56 Å². The zero-order chi connectivity index (χ0) is 21.5. The maximum atomic E-state index is 13.9. The second-order valence-corrected chi connectivity index (χ2v) is 8.47. The van der Waals surface area contributed by atoms with Crippen LogP contribution in [0, 0.1) is 0 Å². The van der Waals surface area contributed by atoms with Gasteiger partial charge in [-0.15, -0.1) is 0 Å². The first-order valence-corrected chi connectivity index (χ1v) is 10.3. The summed E-state index contributed by atoms with van der Waals surface area (Å²) in [4.78, 5) is 15.5. The van der Waals surface area contributed by atoms with E-state index in [2.05, 4.69) is 4.98 Å². The molecule has 2 aliphatic heterocycles. The molecular weight excluding hydrogens is 427 g/mol. The van der Waals surface area contributed by atoms with E-state index in [0.717, 1.165) is 4.57 Å². The van der Waals surface area contributed by atoms with Gasteiger partial charge in [-0.05, 0) is 12.1 Å². The second-order valence-electron chi connectivity index (χ2n) is 6.88. The number of alkyl halides is 2. The SMILES string of the molecule is Nc1ccn([C@@H]2O[C@@](COP3(=O)OCc4ccccc4O3)(C(F)F)C[C@H]2O)c(=O)n1. The Morgan fingerprint density at radius 1 is 1.40 bits per heavy atom. The van der Waals surface area contributed by atoms with Gasteiger partial charge >= 0.3 is 13.5 Å². The van der Waals surface area contributed by atoms with Crippen LogP contribution in [0.2, 0.25) is 0 Å². The average Bonchev–Trinajstić information content (AvgIpc) is 3.04. The topological polar surface area (TPSA) is 135 Å². The number of ether oxygens (including phenoxy) is 1. The number of anilines is 1. The molecule has 0 radical (unpaired) electrons. The van der Waals surface area contributed by atoms with Crippen molar-refractivity contribution < 1.29 is 36.8 Å². The molecule has 4 atom stereocenters. The Morgan fingerprint density at radius 3 is 2.90 bits per heavy atom. The van der Waals surface area contributed by atoms with Gasteiger partial charge in [0, 0.05) is 18.2 Å². The number of halogens is 2. The number of aromatic nitrogens is 2. The molecule has 0 amide bonds. The molecule has 0 bridgehead atoms. The first-order chi connectivity index (χ1) is 14.2. The van der Waals surface area contributed by atoms with E-state index in [1.54, 1.807) is 24.3 Å². The third kappa shape index (κ3) is 3.84. The van der Waals surface area contributed by atoms with Crippen molar-refractivity contribution >= 4 is 13.6 Å². The van der Waals surface area contributed by atoms with Crippen molar-refractivity contribution in [3.63, 3.8) is 0 Å². The minimum atomic E-state index is -4.20. The minimum absolute atomic E-state index is 0.0721. The van der Waals surface area contributed by atoms with Crippen LogP contribution in [0.5, 0.6) is 5.75 Å². The van der Waals surface area contributed by atoms with Crippen molar-refractivity contribution in [2.75, 3.05) is 12.3 Å². The van der Waals surface area contributed by atoms with Crippen molar-refractivity contribution in [2.24, 2.45) is 0 Å². The molecule has 0 aliphatic carbocycles. The zero-order valence-electron chi connectivity index (χ0n) is 15.4. The summed E-state index contributed by atoms with van der Waals surface area (Å²) in [6, 6.07) is 7.88. The summed E-state index contributed by atoms with van der Waals surface area (Å²) in [6.45, 7) is -0.997. The number of phosphoric ester groups is 1. The van der Waals surface area contributed by atoms with Crippen molar-refractivity contribution in [1.29, 1.82) is 0 Å². The molecule has 2 aliphatic rings. The maximum Gasteiger partial charge on any atom is 0.530 e. The van der Waals surface area contributed by atoms with Gasteiger partial charge in [0.2, 0.25) is 0 Å². The van der Waals surface area contributed by atoms with Gasteiger partial charge in [0.1, 0.15) is 17.7 Å². The Bertz CT molecular complexity index is 1050. The number of fused-ring (bicyclic) bond motifs is 1. The van der Waals surface area contributed by atoms with Gasteiger partial charge in [0.05, 0.1) is 13.2 Å². The standard InChI is InChI=1S/C17H18F2N3O7P/c18-15(19)17(7-11(23)14(28-17)22-6-5-13(20)21-16(22)24)9-27-30(25)26-8-10-3-1-2-4-12(10)29-30/h1-6,11,14-15,23H,7-9H2,(H2,20,21,24)/t11-,14-,17+,30?/m1/s1. The molecule has 1 fully saturated rings. The lowest BCUT2D eigenvalue weighted by Crippen LogP contribution is -2.42. The molecule has 1 aromatic heterocycles. The molecule has 10 nitrogen and oxygen atoms in total. The van der Waals surface area contributed by atoms with Gasteiger partial charge in [-0.2, -0.15) is 4.98 Å². The molecule has 3 heterocycles. The first-order valence-electron chi connectivity index (χ1n) is 8.87. The molecule has 1 unspecified atom stereocenters. The van der Waals surface area contributed by atoms with E-state index in [1.165, 1.54) is 12.3 Å². The molecular formula is C17H18F2N3O7P. The predicted molar refractivity (Wildman–Crippen MR) is 97.8 cm³/mol. The van der Waals surface area contributed by atoms with E-state index in [-0.39, 0.29) is 18.2 Å². The van der Waals surface area contributed by atoms with Gasteiger partial charge in [0.15, 0.2) is 11.8 Å². The lowest BCUT2D eigenvalue weighted by molar-refractivity contribution is -0.171. The van der Waals surface area contributed by atoms with Crippen molar-refractivity contribution in [2.45, 2.75) is 37.4 Å². The number of phosphoric acid groups is 1. The summed E-state index contributed by atoms with van der Waals surface area (Å²) in [6.07, 6.45) is -5.51. The third-order valence-electron chi connectivity index (χ3n) is 4.79. The van der Waals surface area contributed by atoms with E-state index in [9.17, 15) is 23.2 Å². The Balaban J connectivity index is 1.53. The lowest BCUT2D eigenvalue weighted by atomic mass is 10.0.